The Balaban J connectivity index is 4.09. The summed E-state index contributed by atoms with van der Waals surface area (Å²) >= 11 is 0. The third-order valence-corrected chi connectivity index (χ3v) is 2.83. The van der Waals surface area contributed by atoms with Crippen molar-refractivity contribution in [1.82, 2.24) is 0 Å². The fourth-order valence-electron chi connectivity index (χ4n) is 1.58. The molecular formula is C15H26O5. The quantitative estimate of drug-likeness (QED) is 0.332. The molecule has 0 aromatic heterocycles. The number of ether oxygens (including phenoxy) is 3. The van der Waals surface area contributed by atoms with Gasteiger partial charge in [0.05, 0.1) is 33.7 Å². The normalized spacial score (nSPS) is 12.3. The van der Waals surface area contributed by atoms with Gasteiger partial charge < -0.3 is 14.2 Å². The Morgan fingerprint density at radius 2 is 1.80 bits per heavy atom. The molecular weight excluding hydrogens is 260 g/mol. The Morgan fingerprint density at radius 1 is 1.10 bits per heavy atom. The van der Waals surface area contributed by atoms with Crippen LogP contribution in [0.3, 0.4) is 0 Å². The van der Waals surface area contributed by atoms with Crippen molar-refractivity contribution in [2.24, 2.45) is 5.92 Å². The van der Waals surface area contributed by atoms with Crippen molar-refractivity contribution in [1.29, 1.82) is 0 Å². The van der Waals surface area contributed by atoms with Crippen molar-refractivity contribution in [3.63, 3.8) is 0 Å². The summed E-state index contributed by atoms with van der Waals surface area (Å²) < 4.78 is 14.8. The van der Waals surface area contributed by atoms with Gasteiger partial charge in [-0.1, -0.05) is 25.5 Å². The summed E-state index contributed by atoms with van der Waals surface area (Å²) in [5.74, 6) is -0.436. The van der Waals surface area contributed by atoms with Crippen molar-refractivity contribution in [3.05, 3.63) is 12.2 Å². The predicted octanol–water partition coefficient (Wildman–Crippen LogP) is 2.49. The van der Waals surface area contributed by atoms with Gasteiger partial charge in [-0.15, -0.1) is 0 Å². The lowest BCUT2D eigenvalue weighted by Gasteiger charge is -2.14. The molecule has 20 heavy (non-hydrogen) atoms. The summed E-state index contributed by atoms with van der Waals surface area (Å²) in [5, 5.41) is 0. The maximum atomic E-state index is 11.3. The van der Waals surface area contributed by atoms with E-state index in [4.69, 9.17) is 4.74 Å². The van der Waals surface area contributed by atoms with Gasteiger partial charge in [-0.2, -0.15) is 0 Å². The molecule has 0 fully saturated rings. The molecule has 0 saturated carbocycles. The number of carbonyl (C=O) groups excluding carboxylic acids is 2. The Bertz CT molecular complexity index is 299. The van der Waals surface area contributed by atoms with Crippen LogP contribution < -0.4 is 0 Å². The van der Waals surface area contributed by atoms with Crippen molar-refractivity contribution in [2.75, 3.05) is 27.4 Å². The first-order valence-corrected chi connectivity index (χ1v) is 7.00. The fourth-order valence-corrected chi connectivity index (χ4v) is 1.58. The van der Waals surface area contributed by atoms with E-state index in [0.717, 1.165) is 12.8 Å². The van der Waals surface area contributed by atoms with Gasteiger partial charge in [-0.25, -0.2) is 0 Å². The number of esters is 2. The summed E-state index contributed by atoms with van der Waals surface area (Å²) in [7, 11) is 2.74. The third-order valence-electron chi connectivity index (χ3n) is 2.83. The average molecular weight is 286 g/mol. The lowest BCUT2D eigenvalue weighted by molar-refractivity contribution is -0.142. The molecule has 0 aliphatic rings. The van der Waals surface area contributed by atoms with Crippen LogP contribution in [0.1, 0.15) is 39.0 Å². The Labute approximate surface area is 121 Å². The van der Waals surface area contributed by atoms with Gasteiger partial charge in [0.15, 0.2) is 0 Å². The first-order valence-electron chi connectivity index (χ1n) is 7.00. The molecule has 0 saturated heterocycles. The van der Waals surface area contributed by atoms with Gasteiger partial charge in [0.25, 0.3) is 0 Å². The lowest BCUT2D eigenvalue weighted by Crippen LogP contribution is -2.15. The predicted molar refractivity (Wildman–Crippen MR) is 76.2 cm³/mol. The molecule has 0 aliphatic heterocycles. The van der Waals surface area contributed by atoms with Crippen LogP contribution in [0.4, 0.5) is 0 Å². The second-order valence-corrected chi connectivity index (χ2v) is 4.56. The summed E-state index contributed by atoms with van der Waals surface area (Å²) in [5.41, 5.74) is 0. The zero-order chi connectivity index (χ0) is 15.2. The van der Waals surface area contributed by atoms with Crippen molar-refractivity contribution in [3.8, 4) is 0 Å². The van der Waals surface area contributed by atoms with Crippen molar-refractivity contribution >= 4 is 11.9 Å². The maximum Gasteiger partial charge on any atom is 0.309 e. The minimum absolute atomic E-state index is 0.0770. The van der Waals surface area contributed by atoms with E-state index in [2.05, 4.69) is 16.4 Å². The van der Waals surface area contributed by atoms with Gasteiger partial charge in [-0.05, 0) is 18.8 Å². The molecule has 5 heteroatoms. The summed E-state index contributed by atoms with van der Waals surface area (Å²) in [6.45, 7) is 3.34. The zero-order valence-electron chi connectivity index (χ0n) is 12.7. The van der Waals surface area contributed by atoms with Crippen LogP contribution in [0.2, 0.25) is 0 Å². The minimum atomic E-state index is -0.273. The Hall–Kier alpha value is -1.36. The molecule has 0 rings (SSSR count). The topological polar surface area (TPSA) is 61.8 Å². The van der Waals surface area contributed by atoms with Crippen LogP contribution in [0, 0.1) is 5.92 Å². The van der Waals surface area contributed by atoms with Crippen LogP contribution in [0.25, 0.3) is 0 Å². The highest BCUT2D eigenvalue weighted by atomic mass is 16.5. The third kappa shape index (κ3) is 10.6. The first kappa shape index (κ1) is 18.6. The lowest BCUT2D eigenvalue weighted by atomic mass is 10.0. The second-order valence-electron chi connectivity index (χ2n) is 4.56. The molecule has 5 nitrogen and oxygen atoms in total. The van der Waals surface area contributed by atoms with Crippen LogP contribution in [-0.4, -0.2) is 39.4 Å². The van der Waals surface area contributed by atoms with Gasteiger partial charge >= 0.3 is 11.9 Å². The van der Waals surface area contributed by atoms with Crippen molar-refractivity contribution in [2.45, 2.75) is 39.0 Å². The fraction of sp³-hybridized carbons (Fsp3) is 0.733. The Morgan fingerprint density at radius 3 is 2.40 bits per heavy atom. The van der Waals surface area contributed by atoms with E-state index in [0.29, 0.717) is 26.1 Å². The van der Waals surface area contributed by atoms with Gasteiger partial charge in [-0.3, -0.25) is 9.59 Å². The molecule has 1 atom stereocenters. The molecule has 1 unspecified atom stereocenters. The molecule has 0 aromatic rings. The van der Waals surface area contributed by atoms with Crippen LogP contribution in [-0.2, 0) is 23.8 Å². The summed E-state index contributed by atoms with van der Waals surface area (Å²) in [4.78, 5) is 22.3. The monoisotopic (exact) mass is 286 g/mol. The number of carbonyl (C=O) groups is 2. The SMILES string of the molecule is CCCCOCC(C/C=C/CC(=O)OC)CC(=O)OC. The number of hydrogen-bond donors (Lipinski definition) is 0. The summed E-state index contributed by atoms with van der Waals surface area (Å²) in [6.07, 6.45) is 6.99. The van der Waals surface area contributed by atoms with E-state index < -0.39 is 0 Å². The van der Waals surface area contributed by atoms with Crippen LogP contribution in [0.15, 0.2) is 12.2 Å². The average Bonchev–Trinajstić information content (AvgIpc) is 2.46. The largest absolute Gasteiger partial charge is 0.469 e. The molecule has 0 bridgehead atoms. The molecule has 0 aliphatic carbocycles. The number of unbranched alkanes of at least 4 members (excludes halogenated alkanes) is 1. The second kappa shape index (κ2) is 12.7. The molecule has 0 spiro atoms. The highest BCUT2D eigenvalue weighted by Gasteiger charge is 2.13. The van der Waals surface area contributed by atoms with Gasteiger partial charge in [0.1, 0.15) is 0 Å². The van der Waals surface area contributed by atoms with E-state index in [1.807, 2.05) is 6.08 Å². The van der Waals surface area contributed by atoms with Crippen LogP contribution >= 0.6 is 0 Å². The maximum absolute atomic E-state index is 11.3. The molecule has 0 amide bonds. The Kier molecular flexibility index (Phi) is 11.8. The van der Waals surface area contributed by atoms with Crippen LogP contribution in [0.5, 0.6) is 0 Å². The molecule has 0 heterocycles. The van der Waals surface area contributed by atoms with E-state index >= 15 is 0 Å². The van der Waals surface area contributed by atoms with E-state index in [-0.39, 0.29) is 24.3 Å². The van der Waals surface area contributed by atoms with Gasteiger partial charge in [0, 0.05) is 6.61 Å². The highest BCUT2D eigenvalue weighted by molar-refractivity contribution is 5.71. The molecule has 116 valence electrons. The van der Waals surface area contributed by atoms with E-state index in [9.17, 15) is 9.59 Å². The van der Waals surface area contributed by atoms with E-state index in [1.54, 1.807) is 6.08 Å². The summed E-state index contributed by atoms with van der Waals surface area (Å²) in [6, 6.07) is 0. The van der Waals surface area contributed by atoms with E-state index in [1.165, 1.54) is 14.2 Å². The minimum Gasteiger partial charge on any atom is -0.469 e. The molecule has 0 N–H and O–H groups in total. The standard InChI is InChI=1S/C15H26O5/c1-4-5-10-20-12-13(11-15(17)19-3)8-6-7-9-14(16)18-2/h6-7,13H,4-5,8-12H2,1-3H3/b7-6+. The first-order chi connectivity index (χ1) is 9.63. The number of allylic oxidation sites excluding steroid dienone is 1. The zero-order valence-corrected chi connectivity index (χ0v) is 12.7. The number of hydrogen-bond acceptors (Lipinski definition) is 5. The smallest absolute Gasteiger partial charge is 0.309 e. The number of rotatable bonds is 11. The van der Waals surface area contributed by atoms with Gasteiger partial charge in [0.2, 0.25) is 0 Å². The molecule has 0 radical (unpaired) electrons. The number of methoxy groups -OCH3 is 2. The molecule has 0 aromatic carbocycles. The van der Waals surface area contributed by atoms with Crippen molar-refractivity contribution < 1.29 is 23.8 Å². The highest BCUT2D eigenvalue weighted by Crippen LogP contribution is 2.12.